The van der Waals surface area contributed by atoms with Gasteiger partial charge in [0.05, 0.1) is 11.0 Å². The average Bonchev–Trinajstić information content (AvgIpc) is 2.64. The zero-order valence-corrected chi connectivity index (χ0v) is 12.9. The smallest absolute Gasteiger partial charge is 0.243 e. The molecule has 1 unspecified atom stereocenters. The number of hydrogen-bond donors (Lipinski definition) is 1. The Kier molecular flexibility index (Phi) is 4.74. The Bertz CT molecular complexity index is 601. The van der Waals surface area contributed by atoms with E-state index in [-0.39, 0.29) is 16.0 Å². The molecule has 0 bridgehead atoms. The summed E-state index contributed by atoms with van der Waals surface area (Å²) in [6.45, 7) is 3.28. The second-order valence-electron chi connectivity index (χ2n) is 4.79. The highest BCUT2D eigenvalue weighted by Crippen LogP contribution is 2.20. The normalized spacial score (nSPS) is 21.4. The van der Waals surface area contributed by atoms with Gasteiger partial charge in [0.25, 0.3) is 0 Å². The largest absolute Gasteiger partial charge is 0.389 e. The van der Waals surface area contributed by atoms with Crippen molar-refractivity contribution in [2.45, 2.75) is 24.3 Å². The van der Waals surface area contributed by atoms with Crippen molar-refractivity contribution in [3.63, 3.8) is 0 Å². The molecule has 0 aliphatic carbocycles. The SMILES string of the molecule is CC1CN(S(=O)(=O)c2cccc(C(N)=S)c2)CCCO1. The van der Waals surface area contributed by atoms with Crippen LogP contribution in [0.5, 0.6) is 0 Å². The van der Waals surface area contributed by atoms with E-state index < -0.39 is 10.0 Å². The standard InChI is InChI=1S/C13H18N2O3S2/c1-10-9-15(6-3-7-18-10)20(16,17)12-5-2-4-11(8-12)13(14)19/h2,4-5,8,10H,3,6-7,9H2,1H3,(H2,14,19). The van der Waals surface area contributed by atoms with E-state index in [9.17, 15) is 8.42 Å². The third-order valence-corrected chi connectivity index (χ3v) is 5.27. The highest BCUT2D eigenvalue weighted by atomic mass is 32.2. The Morgan fingerprint density at radius 2 is 2.25 bits per heavy atom. The lowest BCUT2D eigenvalue weighted by molar-refractivity contribution is 0.0752. The molecule has 0 amide bonds. The summed E-state index contributed by atoms with van der Waals surface area (Å²) in [5.74, 6) is 0. The Balaban J connectivity index is 2.33. The molecule has 1 aromatic rings. The molecule has 1 heterocycles. The number of ether oxygens (including phenoxy) is 1. The quantitative estimate of drug-likeness (QED) is 0.847. The summed E-state index contributed by atoms with van der Waals surface area (Å²) in [7, 11) is -3.54. The van der Waals surface area contributed by atoms with Crippen molar-refractivity contribution < 1.29 is 13.2 Å². The first kappa shape index (κ1) is 15.4. The summed E-state index contributed by atoms with van der Waals surface area (Å²) in [5.41, 5.74) is 6.11. The summed E-state index contributed by atoms with van der Waals surface area (Å²) in [6, 6.07) is 6.44. The predicted octanol–water partition coefficient (Wildman–Crippen LogP) is 1.12. The first-order valence-corrected chi connectivity index (χ1v) is 8.27. The Hall–Kier alpha value is -1.02. The molecule has 2 N–H and O–H groups in total. The van der Waals surface area contributed by atoms with Gasteiger partial charge < -0.3 is 10.5 Å². The van der Waals surface area contributed by atoms with E-state index in [0.717, 1.165) is 0 Å². The maximum Gasteiger partial charge on any atom is 0.243 e. The molecule has 1 saturated heterocycles. The lowest BCUT2D eigenvalue weighted by Gasteiger charge is -2.21. The Morgan fingerprint density at radius 1 is 1.50 bits per heavy atom. The fourth-order valence-corrected chi connectivity index (χ4v) is 3.86. The zero-order valence-electron chi connectivity index (χ0n) is 11.3. The van der Waals surface area contributed by atoms with E-state index in [1.54, 1.807) is 18.2 Å². The van der Waals surface area contributed by atoms with Gasteiger partial charge in [-0.3, -0.25) is 0 Å². The number of benzene rings is 1. The zero-order chi connectivity index (χ0) is 14.8. The lowest BCUT2D eigenvalue weighted by Crippen LogP contribution is -2.36. The van der Waals surface area contributed by atoms with Crippen LogP contribution in [0.25, 0.3) is 0 Å². The minimum absolute atomic E-state index is 0.106. The van der Waals surface area contributed by atoms with Gasteiger partial charge >= 0.3 is 0 Å². The molecule has 0 spiro atoms. The minimum atomic E-state index is -3.54. The monoisotopic (exact) mass is 314 g/mol. The van der Waals surface area contributed by atoms with Gasteiger partial charge in [0.2, 0.25) is 10.0 Å². The van der Waals surface area contributed by atoms with Gasteiger partial charge in [-0.05, 0) is 25.5 Å². The number of rotatable bonds is 3. The van der Waals surface area contributed by atoms with Gasteiger partial charge in [0.15, 0.2) is 0 Å². The second kappa shape index (κ2) is 6.17. The van der Waals surface area contributed by atoms with Crippen LogP contribution in [0.4, 0.5) is 0 Å². The van der Waals surface area contributed by atoms with Crippen LogP contribution in [-0.4, -0.2) is 43.5 Å². The topological polar surface area (TPSA) is 72.6 Å². The van der Waals surface area contributed by atoms with Crippen LogP contribution < -0.4 is 5.73 Å². The van der Waals surface area contributed by atoms with E-state index in [1.807, 2.05) is 6.92 Å². The third-order valence-electron chi connectivity index (χ3n) is 3.17. The van der Waals surface area contributed by atoms with E-state index in [4.69, 9.17) is 22.7 Å². The number of nitrogens with zero attached hydrogens (tertiary/aromatic N) is 1. The summed E-state index contributed by atoms with van der Waals surface area (Å²) in [5, 5.41) is 0. The van der Waals surface area contributed by atoms with Crippen molar-refractivity contribution in [1.82, 2.24) is 4.31 Å². The van der Waals surface area contributed by atoms with Crippen LogP contribution >= 0.6 is 12.2 Å². The van der Waals surface area contributed by atoms with Crippen molar-refractivity contribution in [3.05, 3.63) is 29.8 Å². The van der Waals surface area contributed by atoms with Gasteiger partial charge in [-0.1, -0.05) is 24.4 Å². The first-order valence-electron chi connectivity index (χ1n) is 6.43. The summed E-state index contributed by atoms with van der Waals surface area (Å²) < 4.78 is 32.2. The van der Waals surface area contributed by atoms with Gasteiger partial charge in [-0.2, -0.15) is 4.31 Å². The fraction of sp³-hybridized carbons (Fsp3) is 0.462. The number of sulfonamides is 1. The molecule has 1 aliphatic heterocycles. The van der Waals surface area contributed by atoms with E-state index in [2.05, 4.69) is 0 Å². The number of thiocarbonyl (C=S) groups is 1. The lowest BCUT2D eigenvalue weighted by atomic mass is 10.2. The Morgan fingerprint density at radius 3 is 2.95 bits per heavy atom. The Labute approximate surface area is 124 Å². The highest BCUT2D eigenvalue weighted by molar-refractivity contribution is 7.89. The maximum atomic E-state index is 12.6. The molecule has 0 radical (unpaired) electrons. The molecule has 0 saturated carbocycles. The molecule has 110 valence electrons. The maximum absolute atomic E-state index is 12.6. The van der Waals surface area contributed by atoms with Crippen molar-refractivity contribution in [2.24, 2.45) is 5.73 Å². The summed E-state index contributed by atoms with van der Waals surface area (Å²) >= 11 is 4.89. The molecule has 20 heavy (non-hydrogen) atoms. The van der Waals surface area contributed by atoms with Gasteiger partial charge in [0, 0.05) is 25.3 Å². The van der Waals surface area contributed by atoms with Crippen LogP contribution in [0, 0.1) is 0 Å². The van der Waals surface area contributed by atoms with Crippen LogP contribution in [0.3, 0.4) is 0 Å². The van der Waals surface area contributed by atoms with E-state index >= 15 is 0 Å². The minimum Gasteiger partial charge on any atom is -0.389 e. The highest BCUT2D eigenvalue weighted by Gasteiger charge is 2.28. The molecule has 0 aromatic heterocycles. The average molecular weight is 314 g/mol. The van der Waals surface area contributed by atoms with Crippen LogP contribution in [0.15, 0.2) is 29.2 Å². The van der Waals surface area contributed by atoms with E-state index in [0.29, 0.717) is 31.7 Å². The van der Waals surface area contributed by atoms with Crippen LogP contribution in [0.2, 0.25) is 0 Å². The third kappa shape index (κ3) is 3.35. The first-order chi connectivity index (χ1) is 9.41. The molecule has 7 heteroatoms. The van der Waals surface area contributed by atoms with Gasteiger partial charge in [-0.25, -0.2) is 8.42 Å². The van der Waals surface area contributed by atoms with Gasteiger partial charge in [-0.15, -0.1) is 0 Å². The molecule has 1 fully saturated rings. The van der Waals surface area contributed by atoms with Crippen molar-refractivity contribution in [1.29, 1.82) is 0 Å². The number of hydrogen-bond acceptors (Lipinski definition) is 4. The van der Waals surface area contributed by atoms with Crippen LogP contribution in [-0.2, 0) is 14.8 Å². The molecule has 5 nitrogen and oxygen atoms in total. The van der Waals surface area contributed by atoms with Crippen molar-refractivity contribution in [2.75, 3.05) is 19.7 Å². The fourth-order valence-electron chi connectivity index (χ4n) is 2.13. The van der Waals surface area contributed by atoms with Crippen molar-refractivity contribution in [3.8, 4) is 0 Å². The number of nitrogens with two attached hydrogens (primary N) is 1. The molecule has 1 aliphatic rings. The van der Waals surface area contributed by atoms with Gasteiger partial charge in [0.1, 0.15) is 4.99 Å². The van der Waals surface area contributed by atoms with Crippen LogP contribution in [0.1, 0.15) is 18.9 Å². The summed E-state index contributed by atoms with van der Waals surface area (Å²) in [6.07, 6.45) is 0.588. The molecular weight excluding hydrogens is 296 g/mol. The molecule has 2 rings (SSSR count). The molecular formula is C13H18N2O3S2. The predicted molar refractivity (Wildman–Crippen MR) is 81.1 cm³/mol. The molecule has 1 atom stereocenters. The van der Waals surface area contributed by atoms with Crippen molar-refractivity contribution >= 4 is 27.2 Å². The molecule has 1 aromatic carbocycles. The van der Waals surface area contributed by atoms with E-state index in [1.165, 1.54) is 10.4 Å². The second-order valence-corrected chi connectivity index (χ2v) is 7.17. The summed E-state index contributed by atoms with van der Waals surface area (Å²) in [4.78, 5) is 0.409.